The summed E-state index contributed by atoms with van der Waals surface area (Å²) in [6.45, 7) is 0. The predicted molar refractivity (Wildman–Crippen MR) is 43.3 cm³/mol. The Kier molecular flexibility index (Phi) is 2.26. The lowest BCUT2D eigenvalue weighted by molar-refractivity contribution is -0.439. The number of pyridine rings is 1. The molecule has 0 aliphatic carbocycles. The molecule has 0 aliphatic rings. The van der Waals surface area contributed by atoms with Crippen molar-refractivity contribution in [3.63, 3.8) is 0 Å². The van der Waals surface area contributed by atoms with Crippen LogP contribution in [-0.2, 0) is 0 Å². The second-order valence-corrected chi connectivity index (χ2v) is 2.72. The number of hydrogen-bond donors (Lipinski definition) is 0. The van der Waals surface area contributed by atoms with Gasteiger partial charge in [-0.3, -0.25) is 0 Å². The van der Waals surface area contributed by atoms with Gasteiger partial charge in [0.15, 0.2) is 6.20 Å². The van der Waals surface area contributed by atoms with E-state index >= 15 is 0 Å². The molecule has 11 heavy (non-hydrogen) atoms. The van der Waals surface area contributed by atoms with E-state index in [1.54, 1.807) is 16.1 Å². The summed E-state index contributed by atoms with van der Waals surface area (Å²) < 4.78 is 6.48. The molecule has 2 aromatic heterocycles. The van der Waals surface area contributed by atoms with Crippen molar-refractivity contribution in [3.8, 4) is 0 Å². The van der Waals surface area contributed by atoms with Crippen molar-refractivity contribution in [1.82, 2.24) is 0 Å². The molecule has 0 amide bonds. The summed E-state index contributed by atoms with van der Waals surface area (Å²) in [5.74, 6) is 0. The number of rotatable bonds is 0. The third-order valence-electron chi connectivity index (χ3n) is 1.15. The fraction of sp³-hybridized carbons (Fsp3) is 0. The Labute approximate surface area is 72.5 Å². The van der Waals surface area contributed by atoms with E-state index < -0.39 is 0 Å². The zero-order valence-electron chi connectivity index (χ0n) is 5.39. The number of halogens is 1. The molecular weight excluding hydrogens is 186 g/mol. The molecule has 3 nitrogen and oxygen atoms in total. The van der Waals surface area contributed by atoms with Crippen molar-refractivity contribution in [2.45, 2.75) is 0 Å². The fourth-order valence-corrected chi connectivity index (χ4v) is 1.35. The Morgan fingerprint density at radius 3 is 3.00 bits per heavy atom. The van der Waals surface area contributed by atoms with Crippen molar-refractivity contribution in [3.05, 3.63) is 34.1 Å². The second kappa shape index (κ2) is 3.02. The van der Waals surface area contributed by atoms with Crippen LogP contribution >= 0.6 is 23.9 Å². The summed E-state index contributed by atoms with van der Waals surface area (Å²) in [7, 11) is 0. The molecule has 0 spiro atoms. The Hall–Kier alpha value is -0.870. The molecule has 0 fully saturated rings. The number of aromatic nitrogens is 1. The third-order valence-corrected chi connectivity index (χ3v) is 1.88. The second-order valence-electron chi connectivity index (χ2n) is 1.81. The first kappa shape index (κ1) is 8.23. The Bertz CT molecular complexity index is 372. The van der Waals surface area contributed by atoms with Crippen LogP contribution in [0.2, 0.25) is 0 Å². The molecule has 0 aliphatic heterocycles. The maximum Gasteiger partial charge on any atom is 0.460 e. The van der Waals surface area contributed by atoms with Crippen LogP contribution in [0.25, 0.3) is 5.71 Å². The van der Waals surface area contributed by atoms with Gasteiger partial charge in [0.2, 0.25) is 11.5 Å². The maximum absolute atomic E-state index is 10.6. The van der Waals surface area contributed by atoms with Gasteiger partial charge < -0.3 is 4.42 Å². The van der Waals surface area contributed by atoms with E-state index in [-0.39, 0.29) is 17.3 Å². The van der Waals surface area contributed by atoms with Crippen LogP contribution in [0, 0.1) is 0 Å². The summed E-state index contributed by atoms with van der Waals surface area (Å²) in [6, 6.07) is 5.42. The molecule has 58 valence electrons. The average Bonchev–Trinajstić information content (AvgIpc) is 2.27. The average molecular weight is 191 g/mol. The molecule has 0 radical (unpaired) electrons. The van der Waals surface area contributed by atoms with Gasteiger partial charge in [-0.25, -0.2) is 4.79 Å². The standard InChI is InChI=1S/C6H4NO2S.ClH/c8-6-9-5-3-1-2-4-7(5)10-6;/h1-4H;1H/q+1;. The van der Waals surface area contributed by atoms with E-state index in [2.05, 4.69) is 0 Å². The summed E-state index contributed by atoms with van der Waals surface area (Å²) >= 11 is 1.05. The SMILES string of the molecule is Cl.O=c1oc2cccc[n+]2s1. The molecule has 0 unspecified atom stereocenters. The molecule has 0 saturated carbocycles. The van der Waals surface area contributed by atoms with E-state index in [9.17, 15) is 4.79 Å². The normalized spacial score (nSPS) is 9.45. The minimum atomic E-state index is -0.272. The zero-order valence-corrected chi connectivity index (χ0v) is 7.02. The van der Waals surface area contributed by atoms with Gasteiger partial charge in [-0.2, -0.15) is 0 Å². The topological polar surface area (TPSA) is 34.3 Å². The van der Waals surface area contributed by atoms with Gasteiger partial charge in [-0.15, -0.1) is 12.4 Å². The minimum Gasteiger partial charge on any atom is -0.354 e. The predicted octanol–water partition coefficient (Wildman–Crippen LogP) is 0.862. The molecule has 0 atom stereocenters. The van der Waals surface area contributed by atoms with Gasteiger partial charge >= 0.3 is 10.7 Å². The summed E-state index contributed by atoms with van der Waals surface area (Å²) in [4.78, 5) is 10.3. The summed E-state index contributed by atoms with van der Waals surface area (Å²) in [6.07, 6.45) is 1.78. The zero-order chi connectivity index (χ0) is 6.97. The van der Waals surface area contributed by atoms with E-state index in [4.69, 9.17) is 4.42 Å². The van der Waals surface area contributed by atoms with Crippen LogP contribution in [0.3, 0.4) is 0 Å². The minimum absolute atomic E-state index is 0. The van der Waals surface area contributed by atoms with Crippen LogP contribution in [0.5, 0.6) is 0 Å². The van der Waals surface area contributed by atoms with Crippen LogP contribution in [0.1, 0.15) is 0 Å². The van der Waals surface area contributed by atoms with Crippen molar-refractivity contribution in [1.29, 1.82) is 0 Å². The molecule has 2 aromatic rings. The van der Waals surface area contributed by atoms with E-state index in [0.29, 0.717) is 5.71 Å². The third kappa shape index (κ3) is 1.41. The highest BCUT2D eigenvalue weighted by Gasteiger charge is 2.07. The number of nitrogens with zero attached hydrogens (tertiary/aromatic N) is 1. The van der Waals surface area contributed by atoms with Gasteiger partial charge in [0.25, 0.3) is 0 Å². The van der Waals surface area contributed by atoms with Crippen molar-refractivity contribution < 1.29 is 8.21 Å². The van der Waals surface area contributed by atoms with Crippen molar-refractivity contribution in [2.75, 3.05) is 0 Å². The fourth-order valence-electron chi connectivity index (χ4n) is 0.751. The quantitative estimate of drug-likeness (QED) is 0.578. The van der Waals surface area contributed by atoms with Crippen LogP contribution in [0.15, 0.2) is 33.6 Å². The Morgan fingerprint density at radius 1 is 1.45 bits per heavy atom. The molecule has 2 heterocycles. The molecular formula is C6H5ClNO2S+. The van der Waals surface area contributed by atoms with E-state index in [1.807, 2.05) is 12.1 Å². The highest BCUT2D eigenvalue weighted by Crippen LogP contribution is 1.92. The highest BCUT2D eigenvalue weighted by molar-refractivity contribution is 6.98. The Balaban J connectivity index is 0.000000605. The first-order valence-corrected chi connectivity index (χ1v) is 3.54. The van der Waals surface area contributed by atoms with Crippen LogP contribution in [0.4, 0.5) is 0 Å². The molecule has 0 bridgehead atoms. The number of hydrogen-bond acceptors (Lipinski definition) is 3. The molecule has 0 saturated heterocycles. The van der Waals surface area contributed by atoms with Crippen molar-refractivity contribution >= 4 is 29.7 Å². The largest absolute Gasteiger partial charge is 0.460 e. The highest BCUT2D eigenvalue weighted by atomic mass is 35.5. The first-order chi connectivity index (χ1) is 4.86. The Morgan fingerprint density at radius 2 is 2.27 bits per heavy atom. The van der Waals surface area contributed by atoms with Crippen LogP contribution in [-0.4, -0.2) is 0 Å². The van der Waals surface area contributed by atoms with Gasteiger partial charge in [-0.1, -0.05) is 3.79 Å². The molecule has 2 rings (SSSR count). The molecule has 0 aromatic carbocycles. The smallest absolute Gasteiger partial charge is 0.354 e. The summed E-state index contributed by atoms with van der Waals surface area (Å²) in [5, 5.41) is 0. The van der Waals surface area contributed by atoms with Crippen LogP contribution < -0.4 is 8.73 Å². The van der Waals surface area contributed by atoms with Gasteiger partial charge in [0.1, 0.15) is 0 Å². The summed E-state index contributed by atoms with van der Waals surface area (Å²) in [5.41, 5.74) is 0.595. The van der Waals surface area contributed by atoms with E-state index in [1.165, 1.54) is 0 Å². The van der Waals surface area contributed by atoms with Gasteiger partial charge in [0, 0.05) is 6.07 Å². The van der Waals surface area contributed by atoms with E-state index in [0.717, 1.165) is 11.5 Å². The lowest BCUT2D eigenvalue weighted by Gasteiger charge is -1.71. The lowest BCUT2D eigenvalue weighted by atomic mass is 10.5. The first-order valence-electron chi connectivity index (χ1n) is 2.77. The lowest BCUT2D eigenvalue weighted by Crippen LogP contribution is -2.12. The molecule has 0 N–H and O–H groups in total. The van der Waals surface area contributed by atoms with Gasteiger partial charge in [-0.05, 0) is 6.07 Å². The monoisotopic (exact) mass is 190 g/mol. The van der Waals surface area contributed by atoms with Crippen molar-refractivity contribution in [2.24, 2.45) is 0 Å². The number of fused-ring (bicyclic) bond motifs is 1. The molecule has 5 heteroatoms. The maximum atomic E-state index is 10.6. The van der Waals surface area contributed by atoms with Gasteiger partial charge in [0.05, 0.1) is 6.07 Å².